The van der Waals surface area contributed by atoms with E-state index >= 15 is 0 Å². The zero-order valence-electron chi connectivity index (χ0n) is 11.2. The van der Waals surface area contributed by atoms with Crippen molar-refractivity contribution in [2.24, 2.45) is 0 Å². The Kier molecular flexibility index (Phi) is 3.89. The van der Waals surface area contributed by atoms with Gasteiger partial charge in [0.2, 0.25) is 5.95 Å². The highest BCUT2D eigenvalue weighted by molar-refractivity contribution is 5.86. The summed E-state index contributed by atoms with van der Waals surface area (Å²) in [5, 5.41) is 2.52. The number of hydrogen-bond acceptors (Lipinski definition) is 4. The second-order valence-corrected chi connectivity index (χ2v) is 4.28. The number of rotatable bonds is 4. The third-order valence-electron chi connectivity index (χ3n) is 2.32. The molecule has 0 aliphatic rings. The van der Waals surface area contributed by atoms with E-state index in [1.54, 1.807) is 6.92 Å². The Hall–Kier alpha value is -2.24. The molecule has 1 aromatic carbocycles. The van der Waals surface area contributed by atoms with Crippen molar-refractivity contribution in [2.75, 3.05) is 11.9 Å². The summed E-state index contributed by atoms with van der Waals surface area (Å²) >= 11 is 0. The summed E-state index contributed by atoms with van der Waals surface area (Å²) in [6.07, 6.45) is -0.419. The van der Waals surface area contributed by atoms with Gasteiger partial charge in [-0.05, 0) is 32.9 Å². The molecule has 0 radical (unpaired) electrons. The molecule has 1 aromatic heterocycles. The molecule has 0 saturated carbocycles. The maximum Gasteiger partial charge on any atom is 0.413 e. The first-order valence-corrected chi connectivity index (χ1v) is 6.18. The van der Waals surface area contributed by atoms with Crippen molar-refractivity contribution >= 4 is 23.1 Å². The summed E-state index contributed by atoms with van der Waals surface area (Å²) in [6, 6.07) is 5.52. The van der Waals surface area contributed by atoms with Crippen molar-refractivity contribution in [2.45, 2.75) is 26.9 Å². The summed E-state index contributed by atoms with van der Waals surface area (Å²) in [6.45, 7) is 5.99. The number of aromatic nitrogens is 2. The van der Waals surface area contributed by atoms with Crippen molar-refractivity contribution < 1.29 is 14.3 Å². The highest BCUT2D eigenvalue weighted by atomic mass is 16.5. The SMILES string of the molecule is CCOC(=O)Nc1nc2ccc(OC(C)C)cc2[nH]1. The van der Waals surface area contributed by atoms with E-state index in [0.29, 0.717) is 12.6 Å². The Bertz CT molecular complexity index is 578. The first-order valence-electron chi connectivity index (χ1n) is 6.18. The summed E-state index contributed by atoms with van der Waals surface area (Å²) < 4.78 is 10.4. The maximum atomic E-state index is 11.3. The third kappa shape index (κ3) is 3.37. The van der Waals surface area contributed by atoms with Gasteiger partial charge in [0.15, 0.2) is 0 Å². The van der Waals surface area contributed by atoms with Crippen LogP contribution in [0.1, 0.15) is 20.8 Å². The molecule has 0 fully saturated rings. The molecule has 2 N–H and O–H groups in total. The van der Waals surface area contributed by atoms with E-state index < -0.39 is 6.09 Å². The third-order valence-corrected chi connectivity index (χ3v) is 2.32. The molecule has 6 nitrogen and oxygen atoms in total. The number of nitrogens with one attached hydrogen (secondary N) is 2. The molecule has 0 bridgehead atoms. The fourth-order valence-corrected chi connectivity index (χ4v) is 1.66. The van der Waals surface area contributed by atoms with E-state index in [2.05, 4.69) is 15.3 Å². The first-order chi connectivity index (χ1) is 9.08. The summed E-state index contributed by atoms with van der Waals surface area (Å²) in [5.41, 5.74) is 1.55. The number of carbonyl (C=O) groups excluding carboxylic acids is 1. The number of benzene rings is 1. The number of amides is 1. The number of fused-ring (bicyclic) bond motifs is 1. The summed E-state index contributed by atoms with van der Waals surface area (Å²) in [4.78, 5) is 18.5. The van der Waals surface area contributed by atoms with Crippen LogP contribution in [0.5, 0.6) is 5.75 Å². The van der Waals surface area contributed by atoms with Gasteiger partial charge in [-0.15, -0.1) is 0 Å². The monoisotopic (exact) mass is 263 g/mol. The van der Waals surface area contributed by atoms with Crippen LogP contribution >= 0.6 is 0 Å². The lowest BCUT2D eigenvalue weighted by Gasteiger charge is -2.08. The lowest BCUT2D eigenvalue weighted by atomic mass is 10.3. The highest BCUT2D eigenvalue weighted by Crippen LogP contribution is 2.21. The molecular weight excluding hydrogens is 246 g/mol. The van der Waals surface area contributed by atoms with Crippen LogP contribution in [0.4, 0.5) is 10.7 Å². The second kappa shape index (κ2) is 5.60. The minimum atomic E-state index is -0.528. The largest absolute Gasteiger partial charge is 0.491 e. The van der Waals surface area contributed by atoms with Gasteiger partial charge in [-0.3, -0.25) is 5.32 Å². The van der Waals surface area contributed by atoms with Crippen LogP contribution < -0.4 is 10.1 Å². The number of ether oxygens (including phenoxy) is 2. The Balaban J connectivity index is 2.18. The number of hydrogen-bond donors (Lipinski definition) is 2. The molecule has 6 heteroatoms. The topological polar surface area (TPSA) is 76.2 Å². The second-order valence-electron chi connectivity index (χ2n) is 4.28. The number of H-pyrrole nitrogens is 1. The molecule has 0 saturated heterocycles. The fourth-order valence-electron chi connectivity index (χ4n) is 1.66. The van der Waals surface area contributed by atoms with E-state index in [-0.39, 0.29) is 6.10 Å². The van der Waals surface area contributed by atoms with Gasteiger partial charge in [0.1, 0.15) is 5.75 Å². The molecule has 2 rings (SSSR count). The van der Waals surface area contributed by atoms with E-state index in [9.17, 15) is 4.79 Å². The van der Waals surface area contributed by atoms with E-state index in [0.717, 1.165) is 16.8 Å². The van der Waals surface area contributed by atoms with Gasteiger partial charge >= 0.3 is 6.09 Å². The molecule has 0 unspecified atom stereocenters. The molecule has 102 valence electrons. The summed E-state index contributed by atoms with van der Waals surface area (Å²) in [5.74, 6) is 1.11. The Morgan fingerprint density at radius 1 is 1.47 bits per heavy atom. The molecule has 19 heavy (non-hydrogen) atoms. The smallest absolute Gasteiger partial charge is 0.413 e. The Morgan fingerprint density at radius 3 is 2.95 bits per heavy atom. The van der Waals surface area contributed by atoms with Gasteiger partial charge in [-0.2, -0.15) is 0 Å². The quantitative estimate of drug-likeness (QED) is 0.889. The predicted molar refractivity (Wildman–Crippen MR) is 72.5 cm³/mol. The van der Waals surface area contributed by atoms with Crippen LogP contribution in [0.2, 0.25) is 0 Å². The Labute approximate surface area is 111 Å². The highest BCUT2D eigenvalue weighted by Gasteiger charge is 2.08. The number of imidazole rings is 1. The average Bonchev–Trinajstić information content (AvgIpc) is 2.69. The standard InChI is InChI=1S/C13H17N3O3/c1-4-18-13(17)16-12-14-10-6-5-9(19-8(2)3)7-11(10)15-12/h5-8H,4H2,1-3H3,(H2,14,15,16,17). The molecule has 1 amide bonds. The van der Waals surface area contributed by atoms with Crippen LogP contribution in [0.25, 0.3) is 11.0 Å². The van der Waals surface area contributed by atoms with Crippen molar-refractivity contribution in [3.05, 3.63) is 18.2 Å². The van der Waals surface area contributed by atoms with Crippen molar-refractivity contribution in [1.29, 1.82) is 0 Å². The van der Waals surface area contributed by atoms with Crippen LogP contribution in [-0.2, 0) is 4.74 Å². The zero-order valence-corrected chi connectivity index (χ0v) is 11.2. The lowest BCUT2D eigenvalue weighted by molar-refractivity contribution is 0.167. The molecule has 2 aromatic rings. The van der Waals surface area contributed by atoms with Gasteiger partial charge in [0.25, 0.3) is 0 Å². The molecular formula is C13H17N3O3. The Morgan fingerprint density at radius 2 is 2.26 bits per heavy atom. The van der Waals surface area contributed by atoms with Crippen LogP contribution in [0.15, 0.2) is 18.2 Å². The molecule has 0 aliphatic heterocycles. The average molecular weight is 263 g/mol. The fraction of sp³-hybridized carbons (Fsp3) is 0.385. The lowest BCUT2D eigenvalue weighted by Crippen LogP contribution is -2.14. The van der Waals surface area contributed by atoms with Crippen LogP contribution in [0, 0.1) is 0 Å². The maximum absolute atomic E-state index is 11.3. The number of anilines is 1. The molecule has 0 spiro atoms. The van der Waals surface area contributed by atoms with Gasteiger partial charge in [0, 0.05) is 6.07 Å². The van der Waals surface area contributed by atoms with E-state index in [1.807, 2.05) is 32.0 Å². The van der Waals surface area contributed by atoms with Crippen molar-refractivity contribution in [1.82, 2.24) is 9.97 Å². The van der Waals surface area contributed by atoms with Crippen molar-refractivity contribution in [3.8, 4) is 5.75 Å². The van der Waals surface area contributed by atoms with Crippen molar-refractivity contribution in [3.63, 3.8) is 0 Å². The van der Waals surface area contributed by atoms with Gasteiger partial charge in [-0.25, -0.2) is 9.78 Å². The van der Waals surface area contributed by atoms with E-state index in [4.69, 9.17) is 9.47 Å². The minimum Gasteiger partial charge on any atom is -0.491 e. The van der Waals surface area contributed by atoms with Gasteiger partial charge in [-0.1, -0.05) is 0 Å². The summed E-state index contributed by atoms with van der Waals surface area (Å²) in [7, 11) is 0. The molecule has 0 atom stereocenters. The molecule has 1 heterocycles. The van der Waals surface area contributed by atoms with E-state index in [1.165, 1.54) is 0 Å². The normalized spacial score (nSPS) is 10.7. The van der Waals surface area contributed by atoms with Crippen LogP contribution in [-0.4, -0.2) is 28.8 Å². The molecule has 0 aliphatic carbocycles. The van der Waals surface area contributed by atoms with Crippen LogP contribution in [0.3, 0.4) is 0 Å². The van der Waals surface area contributed by atoms with Gasteiger partial charge < -0.3 is 14.5 Å². The van der Waals surface area contributed by atoms with Gasteiger partial charge in [0.05, 0.1) is 23.7 Å². The first kappa shape index (κ1) is 13.2. The minimum absolute atomic E-state index is 0.109. The number of nitrogens with zero attached hydrogens (tertiary/aromatic N) is 1. The number of carbonyl (C=O) groups is 1. The number of aromatic amines is 1. The zero-order chi connectivity index (χ0) is 13.8. The predicted octanol–water partition coefficient (Wildman–Crippen LogP) is 2.92.